The molecule has 3 heterocycles. The first-order valence-electron chi connectivity index (χ1n) is 6.71. The Morgan fingerprint density at radius 3 is 2.73 bits per heavy atom. The van der Waals surface area contributed by atoms with Crippen LogP contribution in [0.5, 0.6) is 0 Å². The number of fused-ring (bicyclic) bond motifs is 1. The first kappa shape index (κ1) is 13.5. The van der Waals surface area contributed by atoms with Crippen molar-refractivity contribution in [2.45, 2.75) is 13.3 Å². The van der Waals surface area contributed by atoms with Gasteiger partial charge in [-0.3, -0.25) is 9.20 Å². The standard InChI is InChI=1S/C15H11ClN4OS/c1-9-6-14(21)20(18-9)13-7-19-12(8-22-15(19)17-13)10-2-4-11(16)5-3-10/h2-5,7-8H,6H2,1H3. The SMILES string of the molecule is CC1=NN(c2cn3c(-c4ccc(Cl)cc4)csc3n2)C(=O)C1. The summed E-state index contributed by atoms with van der Waals surface area (Å²) in [6, 6.07) is 7.64. The molecule has 110 valence electrons. The number of hydrogen-bond acceptors (Lipinski definition) is 4. The predicted octanol–water partition coefficient (Wildman–Crippen LogP) is 3.83. The number of carbonyl (C=O) groups excluding carboxylic acids is 1. The third-order valence-electron chi connectivity index (χ3n) is 3.47. The molecule has 1 aromatic carbocycles. The van der Waals surface area contributed by atoms with Gasteiger partial charge in [-0.1, -0.05) is 23.7 Å². The van der Waals surface area contributed by atoms with E-state index in [0.717, 1.165) is 21.9 Å². The number of benzene rings is 1. The fourth-order valence-corrected chi connectivity index (χ4v) is 3.44. The third-order valence-corrected chi connectivity index (χ3v) is 4.56. The molecule has 0 N–H and O–H groups in total. The second-order valence-corrected chi connectivity index (χ2v) is 6.37. The van der Waals surface area contributed by atoms with Crippen molar-refractivity contribution in [2.75, 3.05) is 5.01 Å². The van der Waals surface area contributed by atoms with E-state index >= 15 is 0 Å². The van der Waals surface area contributed by atoms with Crippen LogP contribution in [0.4, 0.5) is 5.82 Å². The van der Waals surface area contributed by atoms with Crippen LogP contribution >= 0.6 is 22.9 Å². The molecule has 1 amide bonds. The highest BCUT2D eigenvalue weighted by Gasteiger charge is 2.25. The molecule has 0 saturated heterocycles. The fraction of sp³-hybridized carbons (Fsp3) is 0.133. The number of hydrazone groups is 1. The summed E-state index contributed by atoms with van der Waals surface area (Å²) in [5.74, 6) is 0.514. The van der Waals surface area contributed by atoms with E-state index in [4.69, 9.17) is 11.6 Å². The number of amides is 1. The summed E-state index contributed by atoms with van der Waals surface area (Å²) in [5.41, 5.74) is 2.87. The van der Waals surface area contributed by atoms with Crippen LogP contribution in [-0.4, -0.2) is 21.0 Å². The smallest absolute Gasteiger partial charge is 0.254 e. The molecule has 0 spiro atoms. The zero-order valence-corrected chi connectivity index (χ0v) is 13.2. The minimum absolute atomic E-state index is 0.0451. The normalized spacial score (nSPS) is 14.9. The molecular weight excluding hydrogens is 320 g/mol. The Hall–Kier alpha value is -2.18. The van der Waals surface area contributed by atoms with Crippen LogP contribution in [-0.2, 0) is 4.79 Å². The fourth-order valence-electron chi connectivity index (χ4n) is 2.44. The lowest BCUT2D eigenvalue weighted by molar-refractivity contribution is -0.116. The van der Waals surface area contributed by atoms with E-state index in [1.807, 2.05) is 47.2 Å². The lowest BCUT2D eigenvalue weighted by atomic mass is 10.2. The van der Waals surface area contributed by atoms with E-state index in [1.165, 1.54) is 16.3 Å². The molecule has 22 heavy (non-hydrogen) atoms. The summed E-state index contributed by atoms with van der Waals surface area (Å²) < 4.78 is 1.97. The molecule has 0 unspecified atom stereocenters. The number of nitrogens with zero attached hydrogens (tertiary/aromatic N) is 4. The van der Waals surface area contributed by atoms with Crippen molar-refractivity contribution in [3.05, 3.63) is 40.9 Å². The first-order valence-corrected chi connectivity index (χ1v) is 7.97. The van der Waals surface area contributed by atoms with Crippen LogP contribution in [0.1, 0.15) is 13.3 Å². The van der Waals surface area contributed by atoms with Gasteiger partial charge in [-0.2, -0.15) is 15.1 Å². The maximum absolute atomic E-state index is 11.9. The molecule has 0 radical (unpaired) electrons. The van der Waals surface area contributed by atoms with Gasteiger partial charge in [-0.05, 0) is 24.6 Å². The molecule has 0 saturated carbocycles. The maximum Gasteiger partial charge on any atom is 0.254 e. The summed E-state index contributed by atoms with van der Waals surface area (Å²) in [6.07, 6.45) is 2.20. The van der Waals surface area contributed by atoms with Crippen LogP contribution in [0.15, 0.2) is 40.9 Å². The van der Waals surface area contributed by atoms with Crippen molar-refractivity contribution < 1.29 is 4.79 Å². The van der Waals surface area contributed by atoms with E-state index < -0.39 is 0 Å². The molecule has 0 bridgehead atoms. The molecule has 0 atom stereocenters. The minimum atomic E-state index is -0.0451. The van der Waals surface area contributed by atoms with Crippen molar-refractivity contribution in [2.24, 2.45) is 5.10 Å². The molecule has 7 heteroatoms. The first-order chi connectivity index (χ1) is 10.6. The number of thiazole rings is 1. The molecule has 1 aliphatic heterocycles. The van der Waals surface area contributed by atoms with Crippen molar-refractivity contribution in [1.82, 2.24) is 9.38 Å². The molecule has 2 aromatic heterocycles. The van der Waals surface area contributed by atoms with Crippen molar-refractivity contribution in [1.29, 1.82) is 0 Å². The number of imidazole rings is 1. The number of aromatic nitrogens is 2. The lowest BCUT2D eigenvalue weighted by Gasteiger charge is -2.06. The summed E-state index contributed by atoms with van der Waals surface area (Å²) >= 11 is 7.46. The van der Waals surface area contributed by atoms with E-state index in [9.17, 15) is 4.79 Å². The quantitative estimate of drug-likeness (QED) is 0.717. The van der Waals surface area contributed by atoms with Gasteiger partial charge < -0.3 is 0 Å². The van der Waals surface area contributed by atoms with Crippen LogP contribution in [0.2, 0.25) is 5.02 Å². The van der Waals surface area contributed by atoms with Crippen molar-refractivity contribution in [3.8, 4) is 11.3 Å². The van der Waals surface area contributed by atoms with Crippen LogP contribution in [0, 0.1) is 0 Å². The van der Waals surface area contributed by atoms with Gasteiger partial charge in [0.2, 0.25) is 0 Å². The predicted molar refractivity (Wildman–Crippen MR) is 88.7 cm³/mol. The Bertz CT molecular complexity index is 909. The number of carbonyl (C=O) groups is 1. The van der Waals surface area contributed by atoms with Crippen LogP contribution < -0.4 is 5.01 Å². The van der Waals surface area contributed by atoms with E-state index in [-0.39, 0.29) is 5.91 Å². The maximum atomic E-state index is 11.9. The Balaban J connectivity index is 1.80. The zero-order chi connectivity index (χ0) is 15.3. The third kappa shape index (κ3) is 2.12. The van der Waals surface area contributed by atoms with Crippen LogP contribution in [0.3, 0.4) is 0 Å². The van der Waals surface area contributed by atoms with Crippen molar-refractivity contribution in [3.63, 3.8) is 0 Å². The largest absolute Gasteiger partial charge is 0.288 e. The Labute approximate surface area is 135 Å². The van der Waals surface area contributed by atoms with Gasteiger partial charge in [0.05, 0.1) is 18.3 Å². The summed E-state index contributed by atoms with van der Waals surface area (Å²) in [4.78, 5) is 17.3. The highest BCUT2D eigenvalue weighted by Crippen LogP contribution is 2.30. The second kappa shape index (κ2) is 4.93. The molecule has 4 rings (SSSR count). The highest BCUT2D eigenvalue weighted by molar-refractivity contribution is 7.15. The van der Waals surface area contributed by atoms with Gasteiger partial charge in [0, 0.05) is 16.1 Å². The van der Waals surface area contributed by atoms with Gasteiger partial charge in [-0.15, -0.1) is 11.3 Å². The Morgan fingerprint density at radius 1 is 1.27 bits per heavy atom. The summed E-state index contributed by atoms with van der Waals surface area (Å²) in [5, 5.41) is 8.36. The molecule has 0 fully saturated rings. The molecular formula is C15H11ClN4OS. The minimum Gasteiger partial charge on any atom is -0.288 e. The summed E-state index contributed by atoms with van der Waals surface area (Å²) in [6.45, 7) is 1.84. The average molecular weight is 331 g/mol. The van der Waals surface area contributed by atoms with E-state index in [2.05, 4.69) is 10.1 Å². The topological polar surface area (TPSA) is 50.0 Å². The van der Waals surface area contributed by atoms with Gasteiger partial charge in [0.1, 0.15) is 0 Å². The van der Waals surface area contributed by atoms with E-state index in [1.54, 1.807) is 0 Å². The van der Waals surface area contributed by atoms with Gasteiger partial charge in [0.25, 0.3) is 5.91 Å². The number of hydrogen-bond donors (Lipinski definition) is 0. The molecule has 3 aromatic rings. The van der Waals surface area contributed by atoms with Gasteiger partial charge >= 0.3 is 0 Å². The van der Waals surface area contributed by atoms with Crippen LogP contribution in [0.25, 0.3) is 16.2 Å². The second-order valence-electron chi connectivity index (χ2n) is 5.10. The zero-order valence-electron chi connectivity index (χ0n) is 11.7. The number of rotatable bonds is 2. The highest BCUT2D eigenvalue weighted by atomic mass is 35.5. The summed E-state index contributed by atoms with van der Waals surface area (Å²) in [7, 11) is 0. The Morgan fingerprint density at radius 2 is 2.05 bits per heavy atom. The van der Waals surface area contributed by atoms with Crippen molar-refractivity contribution >= 4 is 45.3 Å². The van der Waals surface area contributed by atoms with Gasteiger partial charge in [0.15, 0.2) is 10.8 Å². The lowest BCUT2D eigenvalue weighted by Crippen LogP contribution is -2.19. The van der Waals surface area contributed by atoms with E-state index in [0.29, 0.717) is 17.3 Å². The molecule has 1 aliphatic rings. The average Bonchev–Trinajstić information content (AvgIpc) is 3.13. The monoisotopic (exact) mass is 330 g/mol. The number of halogens is 1. The van der Waals surface area contributed by atoms with Gasteiger partial charge in [-0.25, -0.2) is 0 Å². The molecule has 0 aliphatic carbocycles. The number of anilines is 1. The Kier molecular flexibility index (Phi) is 3.02. The molecule has 5 nitrogen and oxygen atoms in total.